The van der Waals surface area contributed by atoms with Crippen LogP contribution in [0.25, 0.3) is 0 Å². The molecule has 0 fully saturated rings. The van der Waals surface area contributed by atoms with E-state index in [4.69, 9.17) is 0 Å². The number of benzene rings is 1. The van der Waals surface area contributed by atoms with E-state index in [1.54, 1.807) is 4.74 Å². The van der Waals surface area contributed by atoms with Crippen molar-refractivity contribution in [3.8, 4) is 0 Å². The van der Waals surface area contributed by atoms with Gasteiger partial charge in [0, 0.05) is 52.0 Å². The summed E-state index contributed by atoms with van der Waals surface area (Å²) >= 11 is 0. The summed E-state index contributed by atoms with van der Waals surface area (Å²) in [6.07, 6.45) is -34.4. The van der Waals surface area contributed by atoms with Crippen molar-refractivity contribution >= 4 is 0 Å². The van der Waals surface area contributed by atoms with Gasteiger partial charge < -0.3 is 0 Å². The van der Waals surface area contributed by atoms with Crippen LogP contribution in [0.2, 0.25) is 0 Å². The molecule has 0 N–H and O–H groups in total. The Labute approximate surface area is 275 Å². The summed E-state index contributed by atoms with van der Waals surface area (Å²) in [4.78, 5) is 0. The number of hydrogen-bond acceptors (Lipinski definition) is 1. The molecule has 269 valence electrons. The van der Waals surface area contributed by atoms with E-state index >= 15 is 4.39 Å². The van der Waals surface area contributed by atoms with Gasteiger partial charge in [-0.3, -0.25) is 0 Å². The first kappa shape index (κ1) is 62.1. The first-order chi connectivity index (χ1) is 15.7. The normalized spacial score (nSPS) is 15.5. The third-order valence-corrected chi connectivity index (χ3v) is 5.23. The topological polar surface area (TPSA) is 9.23 Å². The average Bonchev–Trinajstić information content (AvgIpc) is 2.65. The Morgan fingerprint density at radius 3 is 1.27 bits per heavy atom. The summed E-state index contributed by atoms with van der Waals surface area (Å²) in [5.74, 6) is -15.3. The Morgan fingerprint density at radius 1 is 0.636 bits per heavy atom. The van der Waals surface area contributed by atoms with Crippen molar-refractivity contribution in [2.45, 2.75) is 132 Å². The van der Waals surface area contributed by atoms with Crippen LogP contribution in [0, 0.1) is 6.07 Å². The zero-order valence-electron chi connectivity index (χ0n) is 18.3. The van der Waals surface area contributed by atoms with E-state index in [1.165, 1.54) is 0 Å². The molecule has 0 aliphatic rings. The van der Waals surface area contributed by atoms with Crippen molar-refractivity contribution in [1.29, 1.82) is 0 Å². The number of hydrogen-bond donors (Lipinski definition) is 0. The second-order valence-corrected chi connectivity index (χ2v) is 7.73. The Bertz CT molecular complexity index is 885. The van der Waals surface area contributed by atoms with Gasteiger partial charge in [0.15, 0.2) is 5.67 Å². The predicted octanol–water partition coefficient (Wildman–Crippen LogP) is 12.9. The fraction of sp³-hybridized carbons (Fsp3) is 0.769. The third kappa shape index (κ3) is 11.4. The van der Waals surface area contributed by atoms with Gasteiger partial charge in [0.1, 0.15) is 0 Å². The van der Waals surface area contributed by atoms with E-state index in [2.05, 4.69) is 6.07 Å². The summed E-state index contributed by atoms with van der Waals surface area (Å²) < 4.78 is 218. The van der Waals surface area contributed by atoms with E-state index in [9.17, 15) is 65.9 Å². The van der Waals surface area contributed by atoms with Crippen molar-refractivity contribution in [3.05, 3.63) is 35.9 Å². The molecule has 1 radical (unpaired) electrons. The molecule has 1 aromatic rings. The number of ether oxygens (including phenoxy) is 1. The van der Waals surface area contributed by atoms with Crippen molar-refractivity contribution in [1.82, 2.24) is 0 Å². The maximum absolute atomic E-state index is 15.7. The van der Waals surface area contributed by atoms with E-state index in [1.807, 2.05) is 0 Å². The van der Waals surface area contributed by atoms with Crippen LogP contribution in [0.5, 0.6) is 0 Å². The van der Waals surface area contributed by atoms with Crippen LogP contribution in [-0.2, 0) is 37.4 Å². The molecule has 1 nitrogen and oxygen atoms in total. The zero-order chi connectivity index (χ0) is 28.8. The minimum atomic E-state index is -7.61. The van der Waals surface area contributed by atoms with Crippen molar-refractivity contribution in [2.24, 2.45) is 0 Å². The first-order valence-corrected chi connectivity index (χ1v) is 9.40. The molecule has 1 rings (SSSR count). The van der Waals surface area contributed by atoms with Crippen LogP contribution in [0.3, 0.4) is 0 Å². The molecule has 0 aliphatic carbocycles. The van der Waals surface area contributed by atoms with Gasteiger partial charge in [-0.25, -0.2) is 22.3 Å². The smallest absolute Gasteiger partial charge is 0.247 e. The summed E-state index contributed by atoms with van der Waals surface area (Å²) in [6.45, 7) is 0.383. The molecule has 0 spiro atoms. The molecule has 1 aromatic carbocycles. The fourth-order valence-corrected chi connectivity index (χ4v) is 3.23. The van der Waals surface area contributed by atoms with Gasteiger partial charge in [0.25, 0.3) is 11.6 Å². The Kier molecular flexibility index (Phi) is 26.9. The number of halogens is 16. The monoisotopic (exact) mass is 764 g/mol. The molecule has 0 aliphatic heterocycles. The van der Waals surface area contributed by atoms with Crippen molar-refractivity contribution in [2.75, 3.05) is 0 Å². The standard InChI is InChI=1S/C19H15F16O.7CH4.Y/c1-3-11(10-7-5-4-6-8-10)13(22,12(2,20)21)9-14(23,16(26,27)28)18(32,33)36-19(34,35)15(24,25)17(29,30)31;;;;;;;;/h5-8,11H,3,9H2,1-2H3;7*1H4;/q-1;;;;;;;;. The largest absolute Gasteiger partial charge is 0.462 e. The zero-order valence-corrected chi connectivity index (χ0v) is 21.2. The van der Waals surface area contributed by atoms with Crippen LogP contribution in [0.15, 0.2) is 24.3 Å². The number of alkyl halides is 16. The van der Waals surface area contributed by atoms with Gasteiger partial charge in [-0.2, -0.15) is 88.6 Å². The molecule has 0 saturated heterocycles. The fourth-order valence-electron chi connectivity index (χ4n) is 3.23. The summed E-state index contributed by atoms with van der Waals surface area (Å²) in [6, 6.07) is 5.67. The minimum Gasteiger partial charge on any atom is -0.247 e. The Hall–Kier alpha value is -0.836. The van der Waals surface area contributed by atoms with E-state index < -0.39 is 79.0 Å². The van der Waals surface area contributed by atoms with Crippen LogP contribution in [0.1, 0.15) is 90.2 Å². The van der Waals surface area contributed by atoms with Gasteiger partial charge >= 0.3 is 30.5 Å². The molecule has 3 atom stereocenters. The summed E-state index contributed by atoms with van der Waals surface area (Å²) in [5, 5.41) is 0. The Morgan fingerprint density at radius 2 is 1.00 bits per heavy atom. The van der Waals surface area contributed by atoms with Gasteiger partial charge in [-0.15, -0.1) is 0 Å². The van der Waals surface area contributed by atoms with Crippen molar-refractivity contribution < 1.29 is 108 Å². The molecule has 3 unspecified atom stereocenters. The van der Waals surface area contributed by atoms with Crippen molar-refractivity contribution in [3.63, 3.8) is 0 Å². The molecule has 44 heavy (non-hydrogen) atoms. The van der Waals surface area contributed by atoms with E-state index in [0.717, 1.165) is 31.2 Å². The number of rotatable bonds is 10. The molecule has 0 amide bonds. The predicted molar refractivity (Wildman–Crippen MR) is 136 cm³/mol. The molecular weight excluding hydrogens is 721 g/mol. The second kappa shape index (κ2) is 19.1. The third-order valence-electron chi connectivity index (χ3n) is 5.23. The first-order valence-electron chi connectivity index (χ1n) is 9.40. The Balaban J connectivity index is -0.000000270. The van der Waals surface area contributed by atoms with Gasteiger partial charge in [0.05, 0.1) is 0 Å². The van der Waals surface area contributed by atoms with Gasteiger partial charge in [-0.05, 0) is 6.42 Å². The maximum atomic E-state index is 15.7. The van der Waals surface area contributed by atoms with Crippen LogP contribution >= 0.6 is 0 Å². The van der Waals surface area contributed by atoms with E-state index in [0.29, 0.717) is 0 Å². The van der Waals surface area contributed by atoms with Crippen LogP contribution in [0.4, 0.5) is 70.2 Å². The SMILES string of the molecule is C.C.C.C.C.C.C.CCC(c1cc[c-]cc1)C(F)(CC(F)(C(F)(F)F)C(F)(F)OC(F)(F)C(F)(F)C(F)(F)F)C(C)(F)F.[Y]. The molecule has 0 aromatic heterocycles. The summed E-state index contributed by atoms with van der Waals surface area (Å²) in [5.41, 5.74) is -12.6. The molecule has 18 heteroatoms. The molecule has 0 heterocycles. The summed E-state index contributed by atoms with van der Waals surface area (Å²) in [7, 11) is 0. The van der Waals surface area contributed by atoms with Crippen LogP contribution < -0.4 is 0 Å². The average molecular weight is 765 g/mol. The second-order valence-electron chi connectivity index (χ2n) is 7.73. The quantitative estimate of drug-likeness (QED) is 0.170. The molecular formula is C26H43F16OY-. The minimum absolute atomic E-state index is 0. The maximum Gasteiger partial charge on any atom is 0.462 e. The molecule has 0 saturated carbocycles. The van der Waals surface area contributed by atoms with Crippen LogP contribution in [-0.4, -0.2) is 47.8 Å². The van der Waals surface area contributed by atoms with Gasteiger partial charge in [0.2, 0.25) is 0 Å². The molecule has 0 bridgehead atoms. The van der Waals surface area contributed by atoms with E-state index in [-0.39, 0.29) is 84.7 Å². The van der Waals surface area contributed by atoms with Gasteiger partial charge in [-0.1, -0.05) is 58.9 Å².